The van der Waals surface area contributed by atoms with Crippen LogP contribution in [0.2, 0.25) is 5.15 Å². The fraction of sp³-hybridized carbons (Fsp3) is 0.111. The van der Waals surface area contributed by atoms with Crippen molar-refractivity contribution < 1.29 is 9.21 Å². The molecule has 1 aromatic carbocycles. The Labute approximate surface area is 154 Å². The van der Waals surface area contributed by atoms with Crippen LogP contribution in [0.1, 0.15) is 34.2 Å². The Kier molecular flexibility index (Phi) is 4.99. The lowest BCUT2D eigenvalue weighted by atomic mass is 10.0. The van der Waals surface area contributed by atoms with Crippen LogP contribution < -0.4 is 11.1 Å². The second-order valence-corrected chi connectivity index (χ2v) is 5.84. The monoisotopic (exact) mass is 369 g/mol. The number of anilines is 2. The molecule has 1 amide bonds. The molecule has 0 fully saturated rings. The number of benzene rings is 1. The molecular formula is C18H16ClN5O2. The Balaban J connectivity index is 1.89. The maximum absolute atomic E-state index is 12.6. The van der Waals surface area contributed by atoms with Crippen molar-refractivity contribution in [2.75, 3.05) is 11.1 Å². The number of oxazole rings is 1. The third kappa shape index (κ3) is 3.43. The minimum absolute atomic E-state index is 0.0808. The van der Waals surface area contributed by atoms with Gasteiger partial charge in [0, 0.05) is 34.3 Å². The van der Waals surface area contributed by atoms with Gasteiger partial charge in [0.05, 0.1) is 6.20 Å². The number of carbonyl (C=O) groups excluding carboxylic acids is 1. The SMILES string of the molecule is CCc1c(C(=O)Nc2ccc(N)c(C(=N)c3cnco3)c2)ccnc1Cl. The third-order valence-corrected chi connectivity index (χ3v) is 4.19. The molecule has 0 saturated heterocycles. The van der Waals surface area contributed by atoms with Gasteiger partial charge in [0.2, 0.25) is 0 Å². The number of carbonyl (C=O) groups is 1. The number of hydrogen-bond donors (Lipinski definition) is 3. The number of pyridine rings is 1. The summed E-state index contributed by atoms with van der Waals surface area (Å²) in [5.74, 6) is -0.0255. The van der Waals surface area contributed by atoms with Crippen LogP contribution in [0.3, 0.4) is 0 Å². The van der Waals surface area contributed by atoms with Crippen LogP contribution in [0.4, 0.5) is 11.4 Å². The lowest BCUT2D eigenvalue weighted by molar-refractivity contribution is 0.102. The number of rotatable bonds is 5. The molecule has 3 aromatic rings. The third-order valence-electron chi connectivity index (χ3n) is 3.86. The summed E-state index contributed by atoms with van der Waals surface area (Å²) in [5.41, 5.74) is 8.50. The minimum atomic E-state index is -0.312. The van der Waals surface area contributed by atoms with Crippen LogP contribution in [0.25, 0.3) is 0 Å². The molecule has 0 atom stereocenters. The second-order valence-electron chi connectivity index (χ2n) is 5.48. The van der Waals surface area contributed by atoms with Gasteiger partial charge in [0.25, 0.3) is 5.91 Å². The van der Waals surface area contributed by atoms with E-state index in [0.29, 0.717) is 39.6 Å². The highest BCUT2D eigenvalue weighted by Gasteiger charge is 2.16. The maximum Gasteiger partial charge on any atom is 0.256 e. The number of nitrogens with zero attached hydrogens (tertiary/aromatic N) is 2. The minimum Gasteiger partial charge on any atom is -0.442 e. The number of nitrogen functional groups attached to an aromatic ring is 1. The number of aromatic nitrogens is 2. The van der Waals surface area contributed by atoms with E-state index in [2.05, 4.69) is 15.3 Å². The van der Waals surface area contributed by atoms with Crippen LogP contribution in [0, 0.1) is 5.41 Å². The number of amides is 1. The average Bonchev–Trinajstić information content (AvgIpc) is 3.17. The molecule has 0 saturated carbocycles. The predicted octanol–water partition coefficient (Wildman–Crippen LogP) is 3.54. The van der Waals surface area contributed by atoms with Crippen molar-refractivity contribution in [3.8, 4) is 0 Å². The van der Waals surface area contributed by atoms with Gasteiger partial charge in [-0.25, -0.2) is 9.97 Å². The summed E-state index contributed by atoms with van der Waals surface area (Å²) in [7, 11) is 0. The van der Waals surface area contributed by atoms with Gasteiger partial charge in [-0.15, -0.1) is 0 Å². The van der Waals surface area contributed by atoms with Crippen LogP contribution in [-0.2, 0) is 6.42 Å². The Morgan fingerprint density at radius 2 is 2.15 bits per heavy atom. The van der Waals surface area contributed by atoms with E-state index in [4.69, 9.17) is 27.2 Å². The van der Waals surface area contributed by atoms with Gasteiger partial charge in [-0.3, -0.25) is 10.2 Å². The van der Waals surface area contributed by atoms with Gasteiger partial charge in [-0.1, -0.05) is 18.5 Å². The lowest BCUT2D eigenvalue weighted by Crippen LogP contribution is -2.15. The van der Waals surface area contributed by atoms with Crippen molar-refractivity contribution in [2.24, 2.45) is 0 Å². The fourth-order valence-corrected chi connectivity index (χ4v) is 2.83. The molecule has 0 aliphatic heterocycles. The standard InChI is InChI=1S/C18H16ClN5O2/c1-2-11-12(5-6-23-17(11)19)18(25)24-10-3-4-14(20)13(7-10)16(21)15-8-22-9-26-15/h3-9,21H,2,20H2,1H3,(H,24,25). The summed E-state index contributed by atoms with van der Waals surface area (Å²) in [6.45, 7) is 1.90. The van der Waals surface area contributed by atoms with E-state index in [1.165, 1.54) is 18.8 Å². The summed E-state index contributed by atoms with van der Waals surface area (Å²) in [4.78, 5) is 20.4. The average molecular weight is 370 g/mol. The molecule has 0 radical (unpaired) electrons. The number of hydrogen-bond acceptors (Lipinski definition) is 6. The second kappa shape index (κ2) is 7.37. The lowest BCUT2D eigenvalue weighted by Gasteiger charge is -2.12. The molecule has 4 N–H and O–H groups in total. The molecule has 26 heavy (non-hydrogen) atoms. The topological polar surface area (TPSA) is 118 Å². The predicted molar refractivity (Wildman–Crippen MR) is 99.9 cm³/mol. The van der Waals surface area contributed by atoms with Crippen LogP contribution in [0.15, 0.2) is 47.5 Å². The quantitative estimate of drug-likeness (QED) is 0.361. The van der Waals surface area contributed by atoms with E-state index >= 15 is 0 Å². The van der Waals surface area contributed by atoms with Gasteiger partial charge in [-0.2, -0.15) is 0 Å². The molecule has 7 nitrogen and oxygen atoms in total. The van der Waals surface area contributed by atoms with E-state index in [-0.39, 0.29) is 17.4 Å². The van der Waals surface area contributed by atoms with E-state index in [1.54, 1.807) is 24.3 Å². The molecule has 3 rings (SSSR count). The highest BCUT2D eigenvalue weighted by molar-refractivity contribution is 6.30. The summed E-state index contributed by atoms with van der Waals surface area (Å²) >= 11 is 6.07. The van der Waals surface area contributed by atoms with Gasteiger partial charge >= 0.3 is 0 Å². The van der Waals surface area contributed by atoms with Gasteiger partial charge in [0.1, 0.15) is 10.9 Å². The largest absolute Gasteiger partial charge is 0.442 e. The number of halogens is 1. The van der Waals surface area contributed by atoms with E-state index < -0.39 is 0 Å². The summed E-state index contributed by atoms with van der Waals surface area (Å²) in [6.07, 6.45) is 4.74. The van der Waals surface area contributed by atoms with Crippen molar-refractivity contribution >= 4 is 34.6 Å². The Hall–Kier alpha value is -3.19. The van der Waals surface area contributed by atoms with Crippen molar-refractivity contribution in [1.82, 2.24) is 9.97 Å². The molecule has 2 aromatic heterocycles. The number of nitrogens with one attached hydrogen (secondary N) is 2. The zero-order valence-electron chi connectivity index (χ0n) is 13.9. The smallest absolute Gasteiger partial charge is 0.256 e. The highest BCUT2D eigenvalue weighted by atomic mass is 35.5. The van der Waals surface area contributed by atoms with E-state index in [0.717, 1.165) is 0 Å². The Bertz CT molecular complexity index is 970. The van der Waals surface area contributed by atoms with Gasteiger partial charge in [0.15, 0.2) is 12.2 Å². The highest BCUT2D eigenvalue weighted by Crippen LogP contribution is 2.23. The molecular weight excluding hydrogens is 354 g/mol. The molecule has 0 aliphatic rings. The first kappa shape index (κ1) is 17.6. The molecule has 0 unspecified atom stereocenters. The summed E-state index contributed by atoms with van der Waals surface area (Å²) < 4.78 is 5.14. The first-order valence-electron chi connectivity index (χ1n) is 7.83. The molecule has 0 aliphatic carbocycles. The van der Waals surface area contributed by atoms with E-state index in [9.17, 15) is 4.79 Å². The maximum atomic E-state index is 12.6. The van der Waals surface area contributed by atoms with Crippen LogP contribution >= 0.6 is 11.6 Å². The van der Waals surface area contributed by atoms with Gasteiger partial charge in [-0.05, 0) is 30.7 Å². The summed E-state index contributed by atoms with van der Waals surface area (Å²) in [5, 5.41) is 11.3. The fourth-order valence-electron chi connectivity index (χ4n) is 2.54. The van der Waals surface area contributed by atoms with Crippen molar-refractivity contribution in [1.29, 1.82) is 5.41 Å². The van der Waals surface area contributed by atoms with E-state index in [1.807, 2.05) is 6.92 Å². The summed E-state index contributed by atoms with van der Waals surface area (Å²) in [6, 6.07) is 6.52. The Morgan fingerprint density at radius 1 is 1.35 bits per heavy atom. The van der Waals surface area contributed by atoms with Crippen LogP contribution in [0.5, 0.6) is 0 Å². The normalized spacial score (nSPS) is 10.5. The van der Waals surface area contributed by atoms with Gasteiger partial charge < -0.3 is 15.5 Å². The molecule has 8 heteroatoms. The molecule has 2 heterocycles. The number of nitrogens with two attached hydrogens (primary N) is 1. The molecule has 0 spiro atoms. The first-order valence-corrected chi connectivity index (χ1v) is 8.21. The first-order chi connectivity index (χ1) is 12.5. The Morgan fingerprint density at radius 3 is 2.85 bits per heavy atom. The zero-order valence-corrected chi connectivity index (χ0v) is 14.7. The molecule has 132 valence electrons. The van der Waals surface area contributed by atoms with Crippen molar-refractivity contribution in [2.45, 2.75) is 13.3 Å². The van der Waals surface area contributed by atoms with Crippen molar-refractivity contribution in [3.05, 3.63) is 70.7 Å². The zero-order chi connectivity index (χ0) is 18.7. The molecule has 0 bridgehead atoms. The van der Waals surface area contributed by atoms with Crippen LogP contribution in [-0.4, -0.2) is 21.6 Å². The van der Waals surface area contributed by atoms with Crippen molar-refractivity contribution in [3.63, 3.8) is 0 Å².